The molecule has 2 amide bonds. The second kappa shape index (κ2) is 8.96. The molecule has 22 heavy (non-hydrogen) atoms. The second-order valence-corrected chi connectivity index (χ2v) is 5.37. The predicted molar refractivity (Wildman–Crippen MR) is 81.9 cm³/mol. The van der Waals surface area contributed by atoms with Crippen molar-refractivity contribution in [2.24, 2.45) is 0 Å². The molecule has 1 unspecified atom stereocenters. The Morgan fingerprint density at radius 2 is 2.27 bits per heavy atom. The quantitative estimate of drug-likeness (QED) is 0.511. The van der Waals surface area contributed by atoms with E-state index in [1.807, 2.05) is 0 Å². The number of ether oxygens (including phenoxy) is 1. The van der Waals surface area contributed by atoms with Gasteiger partial charge in [0.15, 0.2) is 6.04 Å². The maximum Gasteiger partial charge on any atom is 0.328 e. The number of nitrogens with zero attached hydrogens (tertiary/aromatic N) is 1. The van der Waals surface area contributed by atoms with Crippen molar-refractivity contribution in [2.75, 3.05) is 26.8 Å². The van der Waals surface area contributed by atoms with Crippen LogP contribution in [-0.2, 0) is 14.3 Å². The van der Waals surface area contributed by atoms with E-state index in [0.717, 1.165) is 0 Å². The van der Waals surface area contributed by atoms with Gasteiger partial charge in [-0.3, -0.25) is 9.59 Å². The first kappa shape index (κ1) is 17.9. The zero-order valence-electron chi connectivity index (χ0n) is 12.2. The number of hydrogen-bond acceptors (Lipinski definition) is 5. The number of carbonyl (C=O) groups is 3. The third-order valence-corrected chi connectivity index (χ3v) is 3.47. The third kappa shape index (κ3) is 5.66. The van der Waals surface area contributed by atoms with Crippen LogP contribution in [0.2, 0.25) is 0 Å². The van der Waals surface area contributed by atoms with Crippen molar-refractivity contribution in [2.45, 2.75) is 6.04 Å². The van der Waals surface area contributed by atoms with Gasteiger partial charge in [-0.05, 0) is 11.4 Å². The molecule has 2 N–H and O–H groups in total. The van der Waals surface area contributed by atoms with Crippen molar-refractivity contribution in [1.82, 2.24) is 10.2 Å². The van der Waals surface area contributed by atoms with Gasteiger partial charge < -0.3 is 20.1 Å². The van der Waals surface area contributed by atoms with E-state index < -0.39 is 17.9 Å². The van der Waals surface area contributed by atoms with Crippen LogP contribution in [0, 0.1) is 0 Å². The molecule has 0 aromatic carbocycles. The first-order chi connectivity index (χ1) is 10.5. The number of amides is 2. The molecule has 1 rings (SSSR count). The third-order valence-electron chi connectivity index (χ3n) is 2.61. The summed E-state index contributed by atoms with van der Waals surface area (Å²) in [6, 6.07) is 2.23. The maximum atomic E-state index is 12.0. The number of aliphatic carboxylic acids is 1. The highest BCUT2D eigenvalue weighted by Gasteiger charge is 2.22. The fraction of sp³-hybridized carbons (Fsp3) is 0.357. The van der Waals surface area contributed by atoms with Gasteiger partial charge in [-0.25, -0.2) is 4.79 Å². The topological polar surface area (TPSA) is 95.9 Å². The Labute approximate surface area is 132 Å². The summed E-state index contributed by atoms with van der Waals surface area (Å²) < 4.78 is 5.03. The van der Waals surface area contributed by atoms with Crippen molar-refractivity contribution in [3.8, 4) is 0 Å². The molecule has 1 aromatic heterocycles. The molecule has 1 aromatic rings. The van der Waals surface area contributed by atoms with E-state index in [-0.39, 0.29) is 25.7 Å². The van der Waals surface area contributed by atoms with Crippen LogP contribution < -0.4 is 5.32 Å². The molecule has 0 saturated carbocycles. The predicted octanol–water partition coefficient (Wildman–Crippen LogP) is 0.592. The van der Waals surface area contributed by atoms with E-state index in [9.17, 15) is 14.4 Å². The van der Waals surface area contributed by atoms with Crippen LogP contribution in [0.15, 0.2) is 30.2 Å². The molecule has 0 bridgehead atoms. The average molecular weight is 326 g/mol. The molecule has 1 heterocycles. The number of carboxylic acids is 1. The van der Waals surface area contributed by atoms with Gasteiger partial charge in [0.1, 0.15) is 0 Å². The van der Waals surface area contributed by atoms with Crippen LogP contribution in [0.3, 0.4) is 0 Å². The summed E-state index contributed by atoms with van der Waals surface area (Å²) in [6.07, 6.45) is 1.48. The lowest BCUT2D eigenvalue weighted by Gasteiger charge is -2.18. The summed E-state index contributed by atoms with van der Waals surface area (Å²) in [4.78, 5) is 36.6. The minimum Gasteiger partial charge on any atom is -0.480 e. The zero-order valence-corrected chi connectivity index (χ0v) is 13.0. The van der Waals surface area contributed by atoms with Gasteiger partial charge in [0.05, 0.1) is 24.6 Å². The van der Waals surface area contributed by atoms with Crippen LogP contribution in [0.1, 0.15) is 9.67 Å². The van der Waals surface area contributed by atoms with Crippen LogP contribution in [0.5, 0.6) is 0 Å². The standard InChI is InChI=1S/C14H18N2O5S/c1-3-6-21-9-10(14(19)20)15-12(17)8-16(2)13(18)11-5-4-7-22-11/h3-5,7,10H,1,6,8-9H2,2H3,(H,15,17)(H,19,20). The molecule has 7 nitrogen and oxygen atoms in total. The Kier molecular flexibility index (Phi) is 7.27. The van der Waals surface area contributed by atoms with E-state index in [1.165, 1.54) is 29.4 Å². The Morgan fingerprint density at radius 3 is 2.82 bits per heavy atom. The summed E-state index contributed by atoms with van der Waals surface area (Å²) in [5.41, 5.74) is 0. The smallest absolute Gasteiger partial charge is 0.328 e. The Bertz CT molecular complexity index is 529. The van der Waals surface area contributed by atoms with Gasteiger partial charge in [-0.2, -0.15) is 0 Å². The first-order valence-corrected chi connectivity index (χ1v) is 7.33. The molecule has 8 heteroatoms. The van der Waals surface area contributed by atoms with Crippen LogP contribution >= 0.6 is 11.3 Å². The normalized spacial score (nSPS) is 11.5. The first-order valence-electron chi connectivity index (χ1n) is 6.45. The summed E-state index contributed by atoms with van der Waals surface area (Å²) in [7, 11) is 1.48. The highest BCUT2D eigenvalue weighted by Crippen LogP contribution is 2.10. The molecular weight excluding hydrogens is 308 g/mol. The molecule has 0 aliphatic carbocycles. The van der Waals surface area contributed by atoms with E-state index in [2.05, 4.69) is 11.9 Å². The minimum atomic E-state index is -1.20. The fourth-order valence-electron chi connectivity index (χ4n) is 1.56. The highest BCUT2D eigenvalue weighted by molar-refractivity contribution is 7.12. The Morgan fingerprint density at radius 1 is 1.55 bits per heavy atom. The van der Waals surface area contributed by atoms with Crippen LogP contribution in [-0.4, -0.2) is 60.6 Å². The SMILES string of the molecule is C=CCOCC(NC(=O)CN(C)C(=O)c1cccs1)C(=O)O. The van der Waals surface area contributed by atoms with Gasteiger partial charge >= 0.3 is 5.97 Å². The lowest BCUT2D eigenvalue weighted by molar-refractivity contribution is -0.143. The summed E-state index contributed by atoms with van der Waals surface area (Å²) in [5, 5.41) is 13.1. The fourth-order valence-corrected chi connectivity index (χ4v) is 2.28. The average Bonchev–Trinajstić information content (AvgIpc) is 2.99. The van der Waals surface area contributed by atoms with Gasteiger partial charge in [0, 0.05) is 7.05 Å². The van der Waals surface area contributed by atoms with Crippen molar-refractivity contribution in [3.63, 3.8) is 0 Å². The Balaban J connectivity index is 2.50. The maximum absolute atomic E-state index is 12.0. The largest absolute Gasteiger partial charge is 0.480 e. The van der Waals surface area contributed by atoms with Crippen molar-refractivity contribution < 1.29 is 24.2 Å². The summed E-state index contributed by atoms with van der Waals surface area (Å²) in [6.45, 7) is 3.23. The van der Waals surface area contributed by atoms with E-state index >= 15 is 0 Å². The Hall–Kier alpha value is -2.19. The molecular formula is C14H18N2O5S. The van der Waals surface area contributed by atoms with Crippen molar-refractivity contribution >= 4 is 29.1 Å². The summed E-state index contributed by atoms with van der Waals surface area (Å²) in [5.74, 6) is -2.06. The molecule has 0 fully saturated rings. The molecule has 0 spiro atoms. The lowest BCUT2D eigenvalue weighted by atomic mass is 10.3. The van der Waals surface area contributed by atoms with E-state index in [4.69, 9.17) is 9.84 Å². The molecule has 1 atom stereocenters. The zero-order chi connectivity index (χ0) is 16.5. The summed E-state index contributed by atoms with van der Waals surface area (Å²) >= 11 is 1.27. The van der Waals surface area contributed by atoms with Gasteiger partial charge in [-0.15, -0.1) is 17.9 Å². The molecule has 120 valence electrons. The number of carbonyl (C=O) groups excluding carboxylic acids is 2. The van der Waals surface area contributed by atoms with Crippen LogP contribution in [0.4, 0.5) is 0 Å². The second-order valence-electron chi connectivity index (χ2n) is 4.42. The minimum absolute atomic E-state index is 0.171. The van der Waals surface area contributed by atoms with Gasteiger partial charge in [0.2, 0.25) is 5.91 Å². The molecule has 0 aliphatic heterocycles. The van der Waals surface area contributed by atoms with Crippen LogP contribution in [0.25, 0.3) is 0 Å². The number of thiophene rings is 1. The number of likely N-dealkylation sites (N-methyl/N-ethyl adjacent to an activating group) is 1. The van der Waals surface area contributed by atoms with Gasteiger partial charge in [-0.1, -0.05) is 12.1 Å². The molecule has 0 saturated heterocycles. The molecule has 0 aliphatic rings. The number of nitrogens with one attached hydrogen (secondary N) is 1. The van der Waals surface area contributed by atoms with Gasteiger partial charge in [0.25, 0.3) is 5.91 Å². The van der Waals surface area contributed by atoms with Crippen molar-refractivity contribution in [1.29, 1.82) is 0 Å². The number of hydrogen-bond donors (Lipinski definition) is 2. The van der Waals surface area contributed by atoms with Crippen molar-refractivity contribution in [3.05, 3.63) is 35.0 Å². The highest BCUT2D eigenvalue weighted by atomic mass is 32.1. The van der Waals surface area contributed by atoms with E-state index in [1.54, 1.807) is 17.5 Å². The molecule has 0 radical (unpaired) electrons. The van der Waals surface area contributed by atoms with E-state index in [0.29, 0.717) is 4.88 Å². The monoisotopic (exact) mass is 326 g/mol. The number of carboxylic acid groups (broad SMARTS) is 1. The number of rotatable bonds is 9. The lowest BCUT2D eigenvalue weighted by Crippen LogP contribution is -2.48.